The molecule has 1 aromatic heterocycles. The van der Waals surface area contributed by atoms with Crippen LogP contribution in [0.25, 0.3) is 11.4 Å². The van der Waals surface area contributed by atoms with Crippen molar-refractivity contribution < 1.29 is 9.26 Å². The molecule has 2 aromatic carbocycles. The summed E-state index contributed by atoms with van der Waals surface area (Å²) in [5, 5.41) is 3.88. The SMILES string of the molecule is NCc1nc(-c2cccc(Oc3ccccc3)c2)no1. The molecule has 20 heavy (non-hydrogen) atoms. The third-order valence-corrected chi connectivity index (χ3v) is 2.71. The van der Waals surface area contributed by atoms with E-state index in [1.165, 1.54) is 0 Å². The van der Waals surface area contributed by atoms with Crippen molar-refractivity contribution in [1.82, 2.24) is 10.1 Å². The Morgan fingerprint density at radius 1 is 1.00 bits per heavy atom. The van der Waals surface area contributed by atoms with Crippen molar-refractivity contribution in [1.29, 1.82) is 0 Å². The molecule has 2 N–H and O–H groups in total. The van der Waals surface area contributed by atoms with Crippen molar-refractivity contribution in [3.63, 3.8) is 0 Å². The summed E-state index contributed by atoms with van der Waals surface area (Å²) in [5.41, 5.74) is 6.27. The van der Waals surface area contributed by atoms with E-state index in [0.717, 1.165) is 11.3 Å². The van der Waals surface area contributed by atoms with Crippen LogP contribution in [-0.4, -0.2) is 10.1 Å². The predicted octanol–water partition coefficient (Wildman–Crippen LogP) is 2.99. The molecule has 0 saturated carbocycles. The van der Waals surface area contributed by atoms with Gasteiger partial charge in [-0.25, -0.2) is 0 Å². The van der Waals surface area contributed by atoms with Crippen LogP contribution in [0.5, 0.6) is 11.5 Å². The summed E-state index contributed by atoms with van der Waals surface area (Å²) < 4.78 is 10.8. The van der Waals surface area contributed by atoms with Gasteiger partial charge in [0.05, 0.1) is 6.54 Å². The van der Waals surface area contributed by atoms with Gasteiger partial charge in [-0.15, -0.1) is 0 Å². The van der Waals surface area contributed by atoms with E-state index in [0.29, 0.717) is 17.5 Å². The Labute approximate surface area is 116 Å². The van der Waals surface area contributed by atoms with E-state index in [1.807, 2.05) is 54.6 Å². The van der Waals surface area contributed by atoms with Crippen LogP contribution in [0.4, 0.5) is 0 Å². The highest BCUT2D eigenvalue weighted by Crippen LogP contribution is 2.25. The standard InChI is InChI=1S/C15H13N3O2/c16-10-14-17-15(18-20-14)11-5-4-8-13(9-11)19-12-6-2-1-3-7-12/h1-9H,10,16H2. The van der Waals surface area contributed by atoms with Crippen molar-refractivity contribution in [2.45, 2.75) is 6.54 Å². The van der Waals surface area contributed by atoms with Crippen LogP contribution < -0.4 is 10.5 Å². The Balaban J connectivity index is 1.86. The van der Waals surface area contributed by atoms with Gasteiger partial charge >= 0.3 is 0 Å². The maximum absolute atomic E-state index is 5.76. The van der Waals surface area contributed by atoms with Gasteiger partial charge in [0.15, 0.2) is 0 Å². The molecule has 0 saturated heterocycles. The van der Waals surface area contributed by atoms with Gasteiger partial charge in [0.25, 0.3) is 0 Å². The van der Waals surface area contributed by atoms with Crippen LogP contribution in [0.1, 0.15) is 5.89 Å². The van der Waals surface area contributed by atoms with Gasteiger partial charge in [-0.3, -0.25) is 0 Å². The summed E-state index contributed by atoms with van der Waals surface area (Å²) in [4.78, 5) is 4.19. The third kappa shape index (κ3) is 2.67. The zero-order chi connectivity index (χ0) is 13.8. The Kier molecular flexibility index (Phi) is 3.43. The van der Waals surface area contributed by atoms with E-state index < -0.39 is 0 Å². The molecular weight excluding hydrogens is 254 g/mol. The van der Waals surface area contributed by atoms with Crippen molar-refractivity contribution >= 4 is 0 Å². The zero-order valence-electron chi connectivity index (χ0n) is 10.7. The number of para-hydroxylation sites is 1. The molecule has 3 aromatic rings. The van der Waals surface area contributed by atoms with E-state index in [-0.39, 0.29) is 6.54 Å². The lowest BCUT2D eigenvalue weighted by Crippen LogP contribution is -1.95. The molecule has 0 bridgehead atoms. The fraction of sp³-hybridized carbons (Fsp3) is 0.0667. The van der Waals surface area contributed by atoms with E-state index in [4.69, 9.17) is 15.0 Å². The first-order valence-electron chi connectivity index (χ1n) is 6.21. The number of hydrogen-bond acceptors (Lipinski definition) is 5. The molecule has 0 spiro atoms. The smallest absolute Gasteiger partial charge is 0.240 e. The normalized spacial score (nSPS) is 10.4. The summed E-state index contributed by atoms with van der Waals surface area (Å²) in [6.07, 6.45) is 0. The van der Waals surface area contributed by atoms with Gasteiger partial charge < -0.3 is 15.0 Å². The van der Waals surface area contributed by atoms with Crippen LogP contribution in [0.3, 0.4) is 0 Å². The van der Waals surface area contributed by atoms with Crippen LogP contribution in [0, 0.1) is 0 Å². The fourth-order valence-corrected chi connectivity index (χ4v) is 1.78. The summed E-state index contributed by atoms with van der Waals surface area (Å²) in [6.45, 7) is 0.229. The Bertz CT molecular complexity index is 695. The van der Waals surface area contributed by atoms with Gasteiger partial charge in [-0.1, -0.05) is 35.5 Å². The Hall–Kier alpha value is -2.66. The first-order chi connectivity index (χ1) is 9.85. The van der Waals surface area contributed by atoms with Gasteiger partial charge in [-0.05, 0) is 24.3 Å². The highest BCUT2D eigenvalue weighted by atomic mass is 16.5. The molecule has 0 unspecified atom stereocenters. The van der Waals surface area contributed by atoms with Gasteiger partial charge in [0.1, 0.15) is 11.5 Å². The van der Waals surface area contributed by atoms with Gasteiger partial charge in [0, 0.05) is 5.56 Å². The molecule has 0 fully saturated rings. The molecule has 0 aliphatic carbocycles. The number of ether oxygens (including phenoxy) is 1. The number of hydrogen-bond donors (Lipinski definition) is 1. The minimum atomic E-state index is 0.229. The maximum Gasteiger partial charge on any atom is 0.240 e. The minimum Gasteiger partial charge on any atom is -0.457 e. The van der Waals surface area contributed by atoms with E-state index in [9.17, 15) is 0 Å². The van der Waals surface area contributed by atoms with Crippen LogP contribution in [-0.2, 0) is 6.54 Å². The monoisotopic (exact) mass is 267 g/mol. The molecule has 0 atom stereocenters. The van der Waals surface area contributed by atoms with E-state index >= 15 is 0 Å². The lowest BCUT2D eigenvalue weighted by atomic mass is 10.2. The van der Waals surface area contributed by atoms with Crippen LogP contribution >= 0.6 is 0 Å². The maximum atomic E-state index is 5.76. The topological polar surface area (TPSA) is 74.2 Å². The van der Waals surface area contributed by atoms with Crippen molar-refractivity contribution in [3.8, 4) is 22.9 Å². The van der Waals surface area contributed by atoms with Crippen LogP contribution in [0.2, 0.25) is 0 Å². The fourth-order valence-electron chi connectivity index (χ4n) is 1.78. The summed E-state index contributed by atoms with van der Waals surface area (Å²) in [6, 6.07) is 17.1. The second-order valence-electron chi connectivity index (χ2n) is 4.16. The lowest BCUT2D eigenvalue weighted by Gasteiger charge is -2.05. The van der Waals surface area contributed by atoms with Crippen LogP contribution in [0.15, 0.2) is 59.1 Å². The molecule has 5 nitrogen and oxygen atoms in total. The highest BCUT2D eigenvalue weighted by molar-refractivity contribution is 5.57. The van der Waals surface area contributed by atoms with Crippen molar-refractivity contribution in [2.75, 3.05) is 0 Å². The predicted molar refractivity (Wildman–Crippen MR) is 74.1 cm³/mol. The Morgan fingerprint density at radius 3 is 2.55 bits per heavy atom. The molecular formula is C15H13N3O2. The van der Waals surface area contributed by atoms with Crippen molar-refractivity contribution in [3.05, 3.63) is 60.5 Å². The molecule has 0 amide bonds. The molecule has 1 heterocycles. The first kappa shape index (κ1) is 12.4. The second kappa shape index (κ2) is 5.54. The third-order valence-electron chi connectivity index (χ3n) is 2.71. The molecule has 0 radical (unpaired) electrons. The first-order valence-corrected chi connectivity index (χ1v) is 6.21. The average Bonchev–Trinajstić information content (AvgIpc) is 2.98. The number of aromatic nitrogens is 2. The number of benzene rings is 2. The Morgan fingerprint density at radius 2 is 1.80 bits per heavy atom. The summed E-state index contributed by atoms with van der Waals surface area (Å²) in [5.74, 6) is 2.41. The minimum absolute atomic E-state index is 0.229. The number of nitrogens with two attached hydrogens (primary N) is 1. The number of rotatable bonds is 4. The quantitative estimate of drug-likeness (QED) is 0.786. The molecule has 100 valence electrons. The van der Waals surface area contributed by atoms with Gasteiger partial charge in [0.2, 0.25) is 11.7 Å². The zero-order valence-corrected chi connectivity index (χ0v) is 10.7. The summed E-state index contributed by atoms with van der Waals surface area (Å²) >= 11 is 0. The average molecular weight is 267 g/mol. The molecule has 0 aliphatic rings. The van der Waals surface area contributed by atoms with Gasteiger partial charge in [-0.2, -0.15) is 4.98 Å². The largest absolute Gasteiger partial charge is 0.457 e. The molecule has 5 heteroatoms. The summed E-state index contributed by atoms with van der Waals surface area (Å²) in [7, 11) is 0. The highest BCUT2D eigenvalue weighted by Gasteiger charge is 2.08. The van der Waals surface area contributed by atoms with Crippen molar-refractivity contribution in [2.24, 2.45) is 5.73 Å². The molecule has 0 aliphatic heterocycles. The lowest BCUT2D eigenvalue weighted by molar-refractivity contribution is 0.380. The van der Waals surface area contributed by atoms with E-state index in [1.54, 1.807) is 0 Å². The van der Waals surface area contributed by atoms with E-state index in [2.05, 4.69) is 10.1 Å². The molecule has 3 rings (SSSR count). The second-order valence-corrected chi connectivity index (χ2v) is 4.16. The number of nitrogens with zero attached hydrogens (tertiary/aromatic N) is 2.